The first-order valence-electron chi connectivity index (χ1n) is 8.44. The first kappa shape index (κ1) is 20.9. The monoisotopic (exact) mass is 391 g/mol. The third-order valence-corrected chi connectivity index (χ3v) is 4.74. The fourth-order valence-corrected chi connectivity index (χ4v) is 2.93. The Bertz CT molecular complexity index is 907. The average molecular weight is 391 g/mol. The minimum atomic E-state index is -3.87. The van der Waals surface area contributed by atoms with Crippen LogP contribution < -0.4 is 15.4 Å². The summed E-state index contributed by atoms with van der Waals surface area (Å²) in [6.07, 6.45) is 0.128. The number of sulfonamides is 1. The molecule has 0 saturated carbocycles. The number of nitrogens with one attached hydrogen (secondary N) is 1. The van der Waals surface area contributed by atoms with Crippen molar-refractivity contribution in [1.29, 1.82) is 0 Å². The highest BCUT2D eigenvalue weighted by atomic mass is 32.2. The van der Waals surface area contributed by atoms with Gasteiger partial charge in [-0.05, 0) is 49.7 Å². The molecule has 0 aromatic heterocycles. The average Bonchev–Trinajstić information content (AvgIpc) is 2.59. The molecule has 0 bridgehead atoms. The number of benzene rings is 2. The molecule has 0 fully saturated rings. The highest BCUT2D eigenvalue weighted by Crippen LogP contribution is 2.27. The Labute approximate surface area is 160 Å². The number of primary sulfonamides is 1. The third-order valence-electron chi connectivity index (χ3n) is 3.83. The summed E-state index contributed by atoms with van der Waals surface area (Å²) < 4.78 is 28.8. The fourth-order valence-electron chi connectivity index (χ4n) is 2.39. The van der Waals surface area contributed by atoms with Crippen LogP contribution in [-0.4, -0.2) is 34.5 Å². The summed E-state index contributed by atoms with van der Waals surface area (Å²) in [6, 6.07) is 11.4. The molecule has 0 heterocycles. The number of amides is 1. The fraction of sp³-hybridized carbons (Fsp3) is 0.316. The molecular formula is C19H25N3O4S. The van der Waals surface area contributed by atoms with E-state index in [0.29, 0.717) is 23.5 Å². The number of carbonyl (C=O) groups is 1. The molecule has 0 atom stereocenters. The zero-order valence-electron chi connectivity index (χ0n) is 15.9. The lowest BCUT2D eigenvalue weighted by atomic mass is 10.1. The van der Waals surface area contributed by atoms with Crippen LogP contribution in [0, 0.1) is 0 Å². The van der Waals surface area contributed by atoms with Gasteiger partial charge in [0.05, 0.1) is 29.0 Å². The molecule has 1 amide bonds. The summed E-state index contributed by atoms with van der Waals surface area (Å²) in [6.45, 7) is 4.39. The molecule has 0 saturated heterocycles. The van der Waals surface area contributed by atoms with Gasteiger partial charge in [0.2, 0.25) is 10.0 Å². The molecule has 0 aliphatic heterocycles. The van der Waals surface area contributed by atoms with Crippen LogP contribution in [0.25, 0.3) is 0 Å². The molecule has 0 aliphatic carbocycles. The van der Waals surface area contributed by atoms with Crippen molar-refractivity contribution in [3.8, 4) is 0 Å². The predicted octanol–water partition coefficient (Wildman–Crippen LogP) is 2.58. The van der Waals surface area contributed by atoms with Crippen molar-refractivity contribution in [3.63, 3.8) is 0 Å². The molecule has 8 heteroatoms. The van der Waals surface area contributed by atoms with Gasteiger partial charge in [-0.1, -0.05) is 12.1 Å². The van der Waals surface area contributed by atoms with Gasteiger partial charge in [-0.2, -0.15) is 0 Å². The van der Waals surface area contributed by atoms with Crippen LogP contribution in [0.3, 0.4) is 0 Å². The van der Waals surface area contributed by atoms with E-state index in [2.05, 4.69) is 5.32 Å². The number of hydrogen-bond acceptors (Lipinski definition) is 5. The van der Waals surface area contributed by atoms with Crippen LogP contribution in [0.15, 0.2) is 47.4 Å². The summed E-state index contributed by atoms with van der Waals surface area (Å²) in [5.41, 5.74) is 2.45. The van der Waals surface area contributed by atoms with Gasteiger partial charge >= 0.3 is 0 Å². The minimum Gasteiger partial charge on any atom is -0.376 e. The highest BCUT2D eigenvalue weighted by Gasteiger charge is 2.15. The van der Waals surface area contributed by atoms with Crippen molar-refractivity contribution in [2.45, 2.75) is 31.5 Å². The standard InChI is InChI=1S/C19H25N3O4S/c1-13(2)26-12-14-5-7-15(8-6-14)19(23)21-17-11-16(27(20,24)25)9-10-18(17)22(3)4/h5-11,13H,12H2,1-4H3,(H,21,23)(H2,20,24,25). The van der Waals surface area contributed by atoms with E-state index < -0.39 is 10.0 Å². The maximum atomic E-state index is 12.6. The smallest absolute Gasteiger partial charge is 0.255 e. The lowest BCUT2D eigenvalue weighted by Gasteiger charge is -2.19. The van der Waals surface area contributed by atoms with Crippen LogP contribution in [0.2, 0.25) is 0 Å². The number of nitrogens with two attached hydrogens (primary N) is 1. The van der Waals surface area contributed by atoms with Gasteiger partial charge in [-0.15, -0.1) is 0 Å². The van der Waals surface area contributed by atoms with Gasteiger partial charge in [0, 0.05) is 19.7 Å². The number of hydrogen-bond donors (Lipinski definition) is 2. The topological polar surface area (TPSA) is 102 Å². The van der Waals surface area contributed by atoms with Crippen molar-refractivity contribution in [2.24, 2.45) is 5.14 Å². The molecule has 0 unspecified atom stereocenters. The van der Waals surface area contributed by atoms with Crippen molar-refractivity contribution in [2.75, 3.05) is 24.3 Å². The molecule has 2 rings (SSSR count). The number of anilines is 2. The van der Waals surface area contributed by atoms with Crippen LogP contribution in [0.1, 0.15) is 29.8 Å². The molecule has 0 spiro atoms. The van der Waals surface area contributed by atoms with E-state index in [4.69, 9.17) is 9.88 Å². The predicted molar refractivity (Wildman–Crippen MR) is 106 cm³/mol. The molecule has 27 heavy (non-hydrogen) atoms. The van der Waals surface area contributed by atoms with Crippen molar-refractivity contribution >= 4 is 27.3 Å². The van der Waals surface area contributed by atoms with E-state index in [1.165, 1.54) is 12.1 Å². The molecular weight excluding hydrogens is 366 g/mol. The van der Waals surface area contributed by atoms with Crippen LogP contribution in [-0.2, 0) is 21.4 Å². The Hall–Kier alpha value is -2.42. The summed E-state index contributed by atoms with van der Waals surface area (Å²) >= 11 is 0. The second kappa shape index (κ2) is 8.51. The van der Waals surface area contributed by atoms with Gasteiger partial charge in [0.25, 0.3) is 5.91 Å². The molecule has 3 N–H and O–H groups in total. The Balaban J connectivity index is 2.23. The minimum absolute atomic E-state index is 0.0652. The van der Waals surface area contributed by atoms with Crippen LogP contribution in [0.4, 0.5) is 11.4 Å². The summed E-state index contributed by atoms with van der Waals surface area (Å²) in [5.74, 6) is -0.346. The van der Waals surface area contributed by atoms with Crippen molar-refractivity contribution in [3.05, 3.63) is 53.6 Å². The zero-order valence-corrected chi connectivity index (χ0v) is 16.7. The number of ether oxygens (including phenoxy) is 1. The SMILES string of the molecule is CC(C)OCc1ccc(C(=O)Nc2cc(S(N)(=O)=O)ccc2N(C)C)cc1. The Kier molecular flexibility index (Phi) is 6.59. The van der Waals surface area contributed by atoms with E-state index in [1.807, 2.05) is 26.0 Å². The largest absolute Gasteiger partial charge is 0.376 e. The van der Waals surface area contributed by atoms with Gasteiger partial charge in [0.15, 0.2) is 0 Å². The highest BCUT2D eigenvalue weighted by molar-refractivity contribution is 7.89. The second-order valence-electron chi connectivity index (χ2n) is 6.63. The van der Waals surface area contributed by atoms with E-state index in [1.54, 1.807) is 37.2 Å². The number of carbonyl (C=O) groups excluding carboxylic acids is 1. The van der Waals surface area contributed by atoms with Gasteiger partial charge in [-0.3, -0.25) is 4.79 Å². The summed E-state index contributed by atoms with van der Waals surface area (Å²) in [5, 5.41) is 7.95. The molecule has 146 valence electrons. The number of nitrogens with zero attached hydrogens (tertiary/aromatic N) is 1. The first-order chi connectivity index (χ1) is 12.6. The maximum absolute atomic E-state index is 12.6. The second-order valence-corrected chi connectivity index (χ2v) is 8.19. The lowest BCUT2D eigenvalue weighted by Crippen LogP contribution is -2.18. The Morgan fingerprint density at radius 1 is 1.15 bits per heavy atom. The molecule has 0 radical (unpaired) electrons. The third kappa shape index (κ3) is 5.78. The zero-order chi connectivity index (χ0) is 20.2. The van der Waals surface area contributed by atoms with Crippen molar-refractivity contribution < 1.29 is 17.9 Å². The first-order valence-corrected chi connectivity index (χ1v) is 9.98. The normalized spacial score (nSPS) is 11.5. The Morgan fingerprint density at radius 3 is 2.30 bits per heavy atom. The van der Waals surface area contributed by atoms with E-state index in [-0.39, 0.29) is 16.9 Å². The van der Waals surface area contributed by atoms with E-state index in [9.17, 15) is 13.2 Å². The van der Waals surface area contributed by atoms with Crippen LogP contribution >= 0.6 is 0 Å². The van der Waals surface area contributed by atoms with Gasteiger partial charge < -0.3 is 15.0 Å². The van der Waals surface area contributed by atoms with Crippen LogP contribution in [0.5, 0.6) is 0 Å². The molecule has 2 aromatic carbocycles. The van der Waals surface area contributed by atoms with Crippen molar-refractivity contribution in [1.82, 2.24) is 0 Å². The maximum Gasteiger partial charge on any atom is 0.255 e. The molecule has 2 aromatic rings. The lowest BCUT2D eigenvalue weighted by molar-refractivity contribution is 0.0657. The summed E-state index contributed by atoms with van der Waals surface area (Å²) in [4.78, 5) is 14.3. The number of rotatable bonds is 7. The Morgan fingerprint density at radius 2 is 1.78 bits per heavy atom. The van der Waals surface area contributed by atoms with E-state index in [0.717, 1.165) is 5.56 Å². The van der Waals surface area contributed by atoms with E-state index >= 15 is 0 Å². The molecule has 7 nitrogen and oxygen atoms in total. The van der Waals surface area contributed by atoms with Gasteiger partial charge in [0.1, 0.15) is 0 Å². The molecule has 0 aliphatic rings. The quantitative estimate of drug-likeness (QED) is 0.755. The van der Waals surface area contributed by atoms with Gasteiger partial charge in [-0.25, -0.2) is 13.6 Å². The summed E-state index contributed by atoms with van der Waals surface area (Å²) in [7, 11) is -0.277.